The van der Waals surface area contributed by atoms with Crippen LogP contribution in [0.3, 0.4) is 0 Å². The molecule has 0 radical (unpaired) electrons. The monoisotopic (exact) mass is 215 g/mol. The van der Waals surface area contributed by atoms with Crippen LogP contribution in [0, 0.1) is 5.92 Å². The molecule has 2 atom stereocenters. The van der Waals surface area contributed by atoms with Crippen LogP contribution in [0.15, 0.2) is 30.3 Å². The summed E-state index contributed by atoms with van der Waals surface area (Å²) < 4.78 is 0. The maximum atomic E-state index is 3.85. The van der Waals surface area contributed by atoms with Crippen molar-refractivity contribution >= 4 is 0 Å². The molecule has 1 aliphatic carbocycles. The molecule has 1 heteroatoms. The predicted octanol–water partition coefficient (Wildman–Crippen LogP) is 3.46. The Hall–Kier alpha value is -0.820. The van der Waals surface area contributed by atoms with Crippen molar-refractivity contribution in [1.82, 2.24) is 5.32 Å². The average Bonchev–Trinajstić information content (AvgIpc) is 2.40. The Bertz CT molecular complexity index is 332. The number of piperidine rings is 1. The molecule has 1 aromatic rings. The van der Waals surface area contributed by atoms with E-state index in [9.17, 15) is 0 Å². The zero-order valence-electron chi connectivity index (χ0n) is 9.91. The van der Waals surface area contributed by atoms with E-state index in [2.05, 4.69) is 35.6 Å². The molecule has 0 amide bonds. The normalized spacial score (nSPS) is 34.4. The van der Waals surface area contributed by atoms with Crippen molar-refractivity contribution in [2.24, 2.45) is 5.92 Å². The molecular weight excluding hydrogens is 194 g/mol. The van der Waals surface area contributed by atoms with Crippen LogP contribution in [0.2, 0.25) is 0 Å². The Morgan fingerprint density at radius 2 is 1.81 bits per heavy atom. The number of fused-ring (bicyclic) bond motifs is 1. The van der Waals surface area contributed by atoms with Crippen LogP contribution in [-0.4, -0.2) is 6.54 Å². The summed E-state index contributed by atoms with van der Waals surface area (Å²) in [7, 11) is 0. The van der Waals surface area contributed by atoms with Gasteiger partial charge in [0.25, 0.3) is 0 Å². The summed E-state index contributed by atoms with van der Waals surface area (Å²) in [4.78, 5) is 0. The average molecular weight is 215 g/mol. The lowest BCUT2D eigenvalue weighted by atomic mass is 9.65. The lowest BCUT2D eigenvalue weighted by Gasteiger charge is -2.48. The molecule has 1 nitrogen and oxygen atoms in total. The van der Waals surface area contributed by atoms with Crippen LogP contribution in [0.25, 0.3) is 0 Å². The second-order valence-corrected chi connectivity index (χ2v) is 5.35. The van der Waals surface area contributed by atoms with Gasteiger partial charge in [0.1, 0.15) is 0 Å². The summed E-state index contributed by atoms with van der Waals surface area (Å²) in [5.74, 6) is 0.873. The van der Waals surface area contributed by atoms with Gasteiger partial charge >= 0.3 is 0 Å². The molecule has 1 aromatic carbocycles. The molecule has 86 valence electrons. The standard InChI is InChI=1S/C15H21N/c1-2-7-13(8-3-1)15-11-5-4-9-14(15)10-6-12-16-15/h1-3,7-8,14,16H,4-6,9-12H2/t14-,15-/m1/s1. The predicted molar refractivity (Wildman–Crippen MR) is 67.3 cm³/mol. The SMILES string of the molecule is c1ccc([C@]23CCCC[C@@H]2CCCN3)cc1. The van der Waals surface area contributed by atoms with Gasteiger partial charge in [-0.15, -0.1) is 0 Å². The Kier molecular flexibility index (Phi) is 2.72. The highest BCUT2D eigenvalue weighted by Gasteiger charge is 2.42. The molecule has 0 aromatic heterocycles. The van der Waals surface area contributed by atoms with E-state index in [4.69, 9.17) is 0 Å². The maximum Gasteiger partial charge on any atom is 0.0463 e. The Morgan fingerprint density at radius 1 is 1.00 bits per heavy atom. The number of nitrogens with one attached hydrogen (secondary N) is 1. The van der Waals surface area contributed by atoms with E-state index >= 15 is 0 Å². The number of benzene rings is 1. The molecule has 1 aliphatic heterocycles. The highest BCUT2D eigenvalue weighted by atomic mass is 15.0. The van der Waals surface area contributed by atoms with Crippen molar-refractivity contribution in [2.75, 3.05) is 6.54 Å². The maximum absolute atomic E-state index is 3.85. The second kappa shape index (κ2) is 4.21. The summed E-state index contributed by atoms with van der Waals surface area (Å²) in [6, 6.07) is 11.1. The minimum atomic E-state index is 0.317. The highest BCUT2D eigenvalue weighted by Crippen LogP contribution is 2.45. The molecule has 1 heterocycles. The van der Waals surface area contributed by atoms with Gasteiger partial charge < -0.3 is 5.32 Å². The minimum absolute atomic E-state index is 0.317. The van der Waals surface area contributed by atoms with E-state index in [1.807, 2.05) is 0 Å². The fraction of sp³-hybridized carbons (Fsp3) is 0.600. The third-order valence-corrected chi connectivity index (χ3v) is 4.53. The van der Waals surface area contributed by atoms with Crippen LogP contribution >= 0.6 is 0 Å². The molecule has 16 heavy (non-hydrogen) atoms. The van der Waals surface area contributed by atoms with Crippen LogP contribution in [-0.2, 0) is 5.54 Å². The largest absolute Gasteiger partial charge is 0.307 e. The molecule has 1 saturated heterocycles. The Morgan fingerprint density at radius 3 is 2.69 bits per heavy atom. The van der Waals surface area contributed by atoms with Crippen molar-refractivity contribution in [1.29, 1.82) is 0 Å². The molecule has 0 spiro atoms. The summed E-state index contributed by atoms with van der Waals surface area (Å²) in [5.41, 5.74) is 1.84. The summed E-state index contributed by atoms with van der Waals surface area (Å²) in [6.45, 7) is 1.20. The van der Waals surface area contributed by atoms with Gasteiger partial charge in [0, 0.05) is 5.54 Å². The first kappa shape index (κ1) is 10.3. The fourth-order valence-electron chi connectivity index (χ4n) is 3.75. The zero-order chi connectivity index (χ0) is 10.8. The quantitative estimate of drug-likeness (QED) is 0.756. The van der Waals surface area contributed by atoms with Gasteiger partial charge in [0.15, 0.2) is 0 Å². The van der Waals surface area contributed by atoms with Gasteiger partial charge in [0.05, 0.1) is 0 Å². The van der Waals surface area contributed by atoms with E-state index in [1.54, 1.807) is 0 Å². The summed E-state index contributed by atoms with van der Waals surface area (Å²) in [6.07, 6.45) is 8.35. The lowest BCUT2D eigenvalue weighted by molar-refractivity contribution is 0.101. The number of hydrogen-bond acceptors (Lipinski definition) is 1. The molecule has 2 aliphatic rings. The van der Waals surface area contributed by atoms with Crippen molar-refractivity contribution in [3.8, 4) is 0 Å². The first-order valence-corrected chi connectivity index (χ1v) is 6.72. The van der Waals surface area contributed by atoms with Gasteiger partial charge in [-0.2, -0.15) is 0 Å². The zero-order valence-corrected chi connectivity index (χ0v) is 9.91. The van der Waals surface area contributed by atoms with Gasteiger partial charge in [-0.3, -0.25) is 0 Å². The topological polar surface area (TPSA) is 12.0 Å². The van der Waals surface area contributed by atoms with Gasteiger partial charge in [-0.1, -0.05) is 43.2 Å². The molecule has 2 fully saturated rings. The Labute approximate surface area is 98.3 Å². The van der Waals surface area contributed by atoms with Crippen molar-refractivity contribution in [3.05, 3.63) is 35.9 Å². The van der Waals surface area contributed by atoms with Crippen LogP contribution in [0.5, 0.6) is 0 Å². The smallest absolute Gasteiger partial charge is 0.0463 e. The molecule has 3 rings (SSSR count). The van der Waals surface area contributed by atoms with Gasteiger partial charge in [-0.25, -0.2) is 0 Å². The summed E-state index contributed by atoms with van der Waals surface area (Å²) >= 11 is 0. The van der Waals surface area contributed by atoms with Crippen molar-refractivity contribution < 1.29 is 0 Å². The highest BCUT2D eigenvalue weighted by molar-refractivity contribution is 5.27. The molecule has 1 N–H and O–H groups in total. The summed E-state index contributed by atoms with van der Waals surface area (Å²) in [5, 5.41) is 3.85. The molecular formula is C15H21N. The first-order chi connectivity index (χ1) is 7.92. The Balaban J connectivity index is 1.98. The van der Waals surface area contributed by atoms with Crippen LogP contribution in [0.1, 0.15) is 44.1 Å². The number of hydrogen-bond donors (Lipinski definition) is 1. The van der Waals surface area contributed by atoms with Crippen LogP contribution < -0.4 is 5.32 Å². The molecule has 0 bridgehead atoms. The van der Waals surface area contributed by atoms with Gasteiger partial charge in [0.2, 0.25) is 0 Å². The fourth-order valence-corrected chi connectivity index (χ4v) is 3.75. The first-order valence-electron chi connectivity index (χ1n) is 6.72. The van der Waals surface area contributed by atoms with E-state index < -0.39 is 0 Å². The molecule has 1 saturated carbocycles. The molecule has 0 unspecified atom stereocenters. The minimum Gasteiger partial charge on any atom is -0.307 e. The second-order valence-electron chi connectivity index (χ2n) is 5.35. The lowest BCUT2D eigenvalue weighted by Crippen LogP contribution is -2.53. The van der Waals surface area contributed by atoms with E-state index in [0.717, 1.165) is 5.92 Å². The van der Waals surface area contributed by atoms with Gasteiger partial charge in [-0.05, 0) is 43.7 Å². The van der Waals surface area contributed by atoms with E-state index in [1.165, 1.54) is 50.6 Å². The van der Waals surface area contributed by atoms with Crippen molar-refractivity contribution in [2.45, 2.75) is 44.1 Å². The van der Waals surface area contributed by atoms with E-state index in [0.29, 0.717) is 5.54 Å². The number of rotatable bonds is 1. The van der Waals surface area contributed by atoms with E-state index in [-0.39, 0.29) is 0 Å². The van der Waals surface area contributed by atoms with Crippen molar-refractivity contribution in [3.63, 3.8) is 0 Å². The third-order valence-electron chi connectivity index (χ3n) is 4.53. The van der Waals surface area contributed by atoms with Crippen LogP contribution in [0.4, 0.5) is 0 Å². The third kappa shape index (κ3) is 1.58.